The molecule has 0 saturated carbocycles. The third-order valence-corrected chi connectivity index (χ3v) is 9.22. The van der Waals surface area contributed by atoms with Gasteiger partial charge in [-0.05, 0) is 45.2 Å². The maximum atomic E-state index is 13.9. The fourth-order valence-electron chi connectivity index (χ4n) is 5.61. The zero-order chi connectivity index (χ0) is 42.3. The molecule has 56 heavy (non-hydrogen) atoms. The van der Waals surface area contributed by atoms with Crippen molar-refractivity contribution >= 4 is 45.7 Å². The number of nitrogens with zero attached hydrogens (tertiary/aromatic N) is 4. The number of alkyl carbamates (subject to hydrolysis) is 1. The summed E-state index contributed by atoms with van der Waals surface area (Å²) in [5.41, 5.74) is 7.58. The van der Waals surface area contributed by atoms with Gasteiger partial charge in [0.2, 0.25) is 10.0 Å². The smallest absolute Gasteiger partial charge is 0.407 e. The minimum Gasteiger partial charge on any atom is -0.465 e. The van der Waals surface area contributed by atoms with E-state index in [-0.39, 0.29) is 6.61 Å². The number of hydrogen-bond donors (Lipinski definition) is 2. The van der Waals surface area contributed by atoms with Crippen LogP contribution >= 0.6 is 0 Å². The van der Waals surface area contributed by atoms with E-state index in [1.54, 1.807) is 20.8 Å². The fraction of sp³-hybridized carbons (Fsp3) is 0.667. The summed E-state index contributed by atoms with van der Waals surface area (Å²) in [6.07, 6.45) is -6.70. The van der Waals surface area contributed by atoms with Gasteiger partial charge in [-0.1, -0.05) is 30.1 Å². The number of nitrogens with one attached hydrogen (secondary N) is 2. The molecule has 0 radical (unpaired) electrons. The molecule has 1 saturated heterocycles. The molecule has 1 heterocycles. The third-order valence-electron chi connectivity index (χ3n) is 7.72. The number of amides is 1. The summed E-state index contributed by atoms with van der Waals surface area (Å²) >= 11 is 0. The number of carbonyl (C=O) groups excluding carboxylic acids is 5. The number of sulfonamides is 1. The molecule has 312 valence electrons. The molecular formula is C33H48N6O16S. The van der Waals surface area contributed by atoms with E-state index in [0.29, 0.717) is 32.2 Å². The van der Waals surface area contributed by atoms with Crippen molar-refractivity contribution in [2.24, 2.45) is 5.11 Å². The molecule has 2 rings (SSSR count). The number of benzene rings is 1. The predicted molar refractivity (Wildman–Crippen MR) is 191 cm³/mol. The Morgan fingerprint density at radius 1 is 1.05 bits per heavy atom. The first-order valence-corrected chi connectivity index (χ1v) is 18.8. The summed E-state index contributed by atoms with van der Waals surface area (Å²) in [7, 11) is -3.97. The molecule has 1 aliphatic rings. The largest absolute Gasteiger partial charge is 0.465 e. The van der Waals surface area contributed by atoms with Crippen molar-refractivity contribution in [3.05, 3.63) is 44.8 Å². The monoisotopic (exact) mass is 816 g/mol. The van der Waals surface area contributed by atoms with E-state index in [0.717, 1.165) is 40.0 Å². The zero-order valence-corrected chi connectivity index (χ0v) is 32.9. The van der Waals surface area contributed by atoms with E-state index in [2.05, 4.69) is 20.1 Å². The van der Waals surface area contributed by atoms with Crippen LogP contribution < -0.4 is 10.0 Å². The highest BCUT2D eigenvalue weighted by molar-refractivity contribution is 7.89. The van der Waals surface area contributed by atoms with Gasteiger partial charge < -0.3 is 38.5 Å². The van der Waals surface area contributed by atoms with Gasteiger partial charge in [-0.2, -0.15) is 0 Å². The summed E-state index contributed by atoms with van der Waals surface area (Å²) in [5, 5.41) is 17.8. The van der Waals surface area contributed by atoms with Crippen LogP contribution in [-0.4, -0.2) is 112 Å². The molecule has 6 atom stereocenters. The molecule has 23 heteroatoms. The van der Waals surface area contributed by atoms with Crippen LogP contribution in [0.4, 0.5) is 10.5 Å². The lowest BCUT2D eigenvalue weighted by atomic mass is 9.88. The van der Waals surface area contributed by atoms with E-state index in [1.807, 2.05) is 0 Å². The van der Waals surface area contributed by atoms with Crippen LogP contribution in [0, 0.1) is 10.1 Å². The van der Waals surface area contributed by atoms with Crippen LogP contribution in [-0.2, 0) is 62.4 Å². The minimum atomic E-state index is -4.96. The average molecular weight is 817 g/mol. The Labute approximate surface area is 323 Å². The van der Waals surface area contributed by atoms with Crippen LogP contribution in [0.1, 0.15) is 73.6 Å². The van der Waals surface area contributed by atoms with E-state index in [9.17, 15) is 42.5 Å². The number of hydrogen-bond acceptors (Lipinski definition) is 17. The van der Waals surface area contributed by atoms with Crippen molar-refractivity contribution in [2.45, 2.75) is 120 Å². The third kappa shape index (κ3) is 14.5. The van der Waals surface area contributed by atoms with Gasteiger partial charge >= 0.3 is 30.0 Å². The SMILES string of the molecule is COC(=O)[C@@]1(OCCCCCCNC(=O)OC(C)(C)C)C[C@H](OC(C)=O)[C@@H](NS(=O)(=O)c2ccccc2[N+](=O)[O-])[C@H]([C@H](OC(C)=O)[C@@H](CN=[N+]=[N-])OC(C)=O)O1. The minimum absolute atomic E-state index is 0.203. The summed E-state index contributed by atoms with van der Waals surface area (Å²) in [5.74, 6) is -6.70. The van der Waals surface area contributed by atoms with Crippen molar-refractivity contribution in [1.82, 2.24) is 10.0 Å². The Hall–Kier alpha value is -5.09. The number of carbonyl (C=O) groups is 5. The first-order valence-electron chi connectivity index (χ1n) is 17.3. The molecule has 0 aromatic heterocycles. The second kappa shape index (κ2) is 21.3. The average Bonchev–Trinajstić information content (AvgIpc) is 3.09. The van der Waals surface area contributed by atoms with Crippen molar-refractivity contribution in [1.29, 1.82) is 0 Å². The Bertz CT molecular complexity index is 1730. The lowest BCUT2D eigenvalue weighted by Gasteiger charge is -2.48. The number of para-hydroxylation sites is 1. The molecular weight excluding hydrogens is 768 g/mol. The first kappa shape index (κ1) is 47.1. The van der Waals surface area contributed by atoms with Crippen molar-refractivity contribution < 1.29 is 70.5 Å². The number of esters is 4. The van der Waals surface area contributed by atoms with E-state index < -0.39 is 110 Å². The molecule has 1 aromatic carbocycles. The molecule has 0 unspecified atom stereocenters. The predicted octanol–water partition coefficient (Wildman–Crippen LogP) is 3.11. The topological polar surface area (TPSA) is 300 Å². The van der Waals surface area contributed by atoms with Gasteiger partial charge in [-0.25, -0.2) is 22.7 Å². The van der Waals surface area contributed by atoms with Crippen LogP contribution in [0.15, 0.2) is 34.3 Å². The Balaban J connectivity index is 2.62. The molecule has 0 aliphatic carbocycles. The Kier molecular flexibility index (Phi) is 17.9. The van der Waals surface area contributed by atoms with Crippen molar-refractivity contribution in [2.75, 3.05) is 26.8 Å². The summed E-state index contributed by atoms with van der Waals surface area (Å²) in [6.45, 7) is 7.48. The standard InChI is InChI=1S/C33H48N6O16S/c1-20(40)51-24-18-33(30(43)49-7,50-17-13-9-8-12-16-35-31(44)55-32(4,5)6)54-29(28(53-22(3)42)25(19-36-38-34)52-21(2)41)27(24)37-56(47,48)26-15-11-10-14-23(26)39(45)46/h10-11,14-15,24-25,27-29,37H,8-9,12-13,16-19H2,1-7H3,(H,35,44)/t24-,25+,27+,28+,29+,33+/m0/s1. The molecule has 1 fully saturated rings. The molecule has 1 amide bonds. The van der Waals surface area contributed by atoms with E-state index >= 15 is 0 Å². The molecule has 2 N–H and O–H groups in total. The number of unbranched alkanes of at least 4 members (excludes halogenated alkanes) is 3. The highest BCUT2D eigenvalue weighted by Crippen LogP contribution is 2.38. The quantitative estimate of drug-likeness (QED) is 0.0279. The maximum absolute atomic E-state index is 13.9. The number of ether oxygens (including phenoxy) is 7. The molecule has 0 spiro atoms. The van der Waals surface area contributed by atoms with Crippen LogP contribution in [0.5, 0.6) is 0 Å². The van der Waals surface area contributed by atoms with E-state index in [1.165, 1.54) is 12.1 Å². The number of nitro groups is 1. The second-order valence-corrected chi connectivity index (χ2v) is 15.1. The Morgan fingerprint density at radius 3 is 2.27 bits per heavy atom. The summed E-state index contributed by atoms with van der Waals surface area (Å²) in [4.78, 5) is 75.5. The van der Waals surface area contributed by atoms with Gasteiger partial charge in [0.05, 0.1) is 37.6 Å². The normalized spacial score (nSPS) is 20.6. The van der Waals surface area contributed by atoms with Gasteiger partial charge in [0.25, 0.3) is 11.5 Å². The lowest BCUT2D eigenvalue weighted by Crippen LogP contribution is -2.69. The highest BCUT2D eigenvalue weighted by Gasteiger charge is 2.59. The zero-order valence-electron chi connectivity index (χ0n) is 32.1. The number of methoxy groups -OCH3 is 1. The van der Waals surface area contributed by atoms with Crippen LogP contribution in [0.25, 0.3) is 10.4 Å². The molecule has 0 bridgehead atoms. The highest BCUT2D eigenvalue weighted by atomic mass is 32.2. The number of azide groups is 1. The molecule has 1 aromatic rings. The van der Waals surface area contributed by atoms with E-state index in [4.69, 9.17) is 38.7 Å². The summed E-state index contributed by atoms with van der Waals surface area (Å²) < 4.78 is 68.8. The molecule has 1 aliphatic heterocycles. The van der Waals surface area contributed by atoms with Gasteiger partial charge in [0, 0.05) is 38.3 Å². The van der Waals surface area contributed by atoms with Gasteiger partial charge in [-0.3, -0.25) is 24.5 Å². The number of nitro benzene ring substituents is 1. The first-order chi connectivity index (χ1) is 26.2. The van der Waals surface area contributed by atoms with Gasteiger partial charge in [0.15, 0.2) is 11.0 Å². The second-order valence-electron chi connectivity index (χ2n) is 13.4. The molecule has 22 nitrogen and oxygen atoms in total. The maximum Gasteiger partial charge on any atom is 0.407 e. The van der Waals surface area contributed by atoms with Crippen molar-refractivity contribution in [3.63, 3.8) is 0 Å². The van der Waals surface area contributed by atoms with Crippen LogP contribution in [0.3, 0.4) is 0 Å². The Morgan fingerprint density at radius 2 is 1.70 bits per heavy atom. The fourth-order valence-corrected chi connectivity index (χ4v) is 7.06. The van der Waals surface area contributed by atoms with Crippen molar-refractivity contribution in [3.8, 4) is 0 Å². The van der Waals surface area contributed by atoms with Crippen LogP contribution in [0.2, 0.25) is 0 Å². The lowest BCUT2D eigenvalue weighted by molar-refractivity contribution is -0.387. The summed E-state index contributed by atoms with van der Waals surface area (Å²) in [6, 6.07) is 2.44. The number of rotatable bonds is 20. The van der Waals surface area contributed by atoms with Gasteiger partial charge in [-0.15, -0.1) is 0 Å². The van der Waals surface area contributed by atoms with Gasteiger partial charge in [0.1, 0.15) is 23.9 Å².